The second kappa shape index (κ2) is 6.27. The molecule has 2 aromatic rings. The molecule has 0 saturated heterocycles. The van der Waals surface area contributed by atoms with Crippen molar-refractivity contribution in [1.82, 2.24) is 0 Å². The third-order valence-corrected chi connectivity index (χ3v) is 4.95. The lowest BCUT2D eigenvalue weighted by molar-refractivity contribution is 1.28. The van der Waals surface area contributed by atoms with E-state index < -0.39 is 0 Å². The number of benzene rings is 2. The molecule has 0 amide bonds. The molecule has 0 saturated carbocycles. The van der Waals surface area contributed by atoms with Crippen molar-refractivity contribution in [3.05, 3.63) is 63.6 Å². The number of hydrogen-bond donors (Lipinski definition) is 0. The monoisotopic (exact) mass is 333 g/mol. The van der Waals surface area contributed by atoms with Gasteiger partial charge in [0.1, 0.15) is 0 Å². The van der Waals surface area contributed by atoms with Crippen LogP contribution in [0.5, 0.6) is 0 Å². The number of nitrogens with zero attached hydrogens (tertiary/aromatic N) is 1. The molecule has 21 heavy (non-hydrogen) atoms. The van der Waals surface area contributed by atoms with Gasteiger partial charge < -0.3 is 0 Å². The highest BCUT2D eigenvalue weighted by atomic mass is 35.5. The van der Waals surface area contributed by atoms with E-state index in [2.05, 4.69) is 25.1 Å². The maximum Gasteiger partial charge on any atom is 0.0783 e. The second-order valence-electron chi connectivity index (χ2n) is 4.65. The van der Waals surface area contributed by atoms with Gasteiger partial charge in [-0.05, 0) is 36.3 Å². The van der Waals surface area contributed by atoms with Crippen molar-refractivity contribution in [3.8, 4) is 0 Å². The van der Waals surface area contributed by atoms with E-state index in [1.54, 1.807) is 17.8 Å². The Morgan fingerprint density at radius 2 is 1.95 bits per heavy atom. The zero-order valence-electron chi connectivity index (χ0n) is 11.4. The summed E-state index contributed by atoms with van der Waals surface area (Å²) in [6, 6.07) is 13.8. The summed E-state index contributed by atoms with van der Waals surface area (Å²) in [5, 5.41) is 2.39. The van der Waals surface area contributed by atoms with E-state index in [0.29, 0.717) is 10.0 Å². The highest BCUT2D eigenvalue weighted by Gasteiger charge is 2.16. The predicted octanol–water partition coefficient (Wildman–Crippen LogP) is 6.41. The number of aliphatic imine (C=N–C) groups is 1. The van der Waals surface area contributed by atoms with Crippen molar-refractivity contribution < 1.29 is 0 Å². The molecule has 4 heteroatoms. The Labute approximate surface area is 138 Å². The van der Waals surface area contributed by atoms with E-state index in [4.69, 9.17) is 28.2 Å². The molecule has 0 atom stereocenters. The lowest BCUT2D eigenvalue weighted by Crippen LogP contribution is -2.00. The first-order chi connectivity index (χ1) is 10.2. The molecule has 0 unspecified atom stereocenters. The van der Waals surface area contributed by atoms with Gasteiger partial charge in [-0.25, -0.2) is 4.99 Å². The van der Waals surface area contributed by atoms with Crippen LogP contribution >= 0.6 is 35.0 Å². The normalized spacial score (nSPS) is 15.8. The lowest BCUT2D eigenvalue weighted by atomic mass is 10.1. The molecular formula is C17H13Cl2NS. The van der Waals surface area contributed by atoms with Crippen molar-refractivity contribution in [2.24, 2.45) is 4.99 Å². The van der Waals surface area contributed by atoms with E-state index in [9.17, 15) is 0 Å². The van der Waals surface area contributed by atoms with Crippen LogP contribution in [0.4, 0.5) is 0 Å². The third-order valence-electron chi connectivity index (χ3n) is 3.19. The maximum absolute atomic E-state index is 6.26. The van der Waals surface area contributed by atoms with Gasteiger partial charge >= 0.3 is 0 Å². The molecule has 1 nitrogen and oxygen atoms in total. The zero-order chi connectivity index (χ0) is 14.8. The van der Waals surface area contributed by atoms with Crippen LogP contribution < -0.4 is 0 Å². The van der Waals surface area contributed by atoms with Gasteiger partial charge in [0, 0.05) is 20.5 Å². The summed E-state index contributed by atoms with van der Waals surface area (Å²) < 4.78 is 0. The van der Waals surface area contributed by atoms with Crippen molar-refractivity contribution in [2.45, 2.75) is 18.2 Å². The highest BCUT2D eigenvalue weighted by molar-refractivity contribution is 8.14. The molecule has 106 valence electrons. The molecule has 0 fully saturated rings. The van der Waals surface area contributed by atoms with Gasteiger partial charge in [-0.3, -0.25) is 0 Å². The van der Waals surface area contributed by atoms with Gasteiger partial charge in [0.15, 0.2) is 0 Å². The van der Waals surface area contributed by atoms with E-state index in [-0.39, 0.29) is 0 Å². The molecule has 1 heterocycles. The highest BCUT2D eigenvalue weighted by Crippen LogP contribution is 2.37. The summed E-state index contributed by atoms with van der Waals surface area (Å²) in [6.07, 6.45) is 2.94. The van der Waals surface area contributed by atoms with E-state index in [0.717, 1.165) is 28.3 Å². The Morgan fingerprint density at radius 3 is 2.71 bits per heavy atom. The second-order valence-corrected chi connectivity index (χ2v) is 6.61. The quantitative estimate of drug-likeness (QED) is 0.618. The molecule has 0 bridgehead atoms. The fourth-order valence-corrected chi connectivity index (χ4v) is 3.57. The Morgan fingerprint density at radius 1 is 1.14 bits per heavy atom. The van der Waals surface area contributed by atoms with Crippen LogP contribution in [0.3, 0.4) is 0 Å². The summed E-state index contributed by atoms with van der Waals surface area (Å²) in [7, 11) is 0. The van der Waals surface area contributed by atoms with Crippen molar-refractivity contribution in [2.75, 3.05) is 0 Å². The molecule has 0 N–H and O–H groups in total. The molecule has 3 rings (SSSR count). The Hall–Kier alpha value is -1.22. The smallest absolute Gasteiger partial charge is 0.0783 e. The molecular weight excluding hydrogens is 321 g/mol. The van der Waals surface area contributed by atoms with Gasteiger partial charge in [0.25, 0.3) is 0 Å². The topological polar surface area (TPSA) is 12.4 Å². The summed E-state index contributed by atoms with van der Waals surface area (Å²) in [5.41, 5.74) is 3.02. The van der Waals surface area contributed by atoms with E-state index in [1.807, 2.05) is 24.3 Å². The summed E-state index contributed by atoms with van der Waals surface area (Å²) in [4.78, 5) is 5.99. The summed E-state index contributed by atoms with van der Waals surface area (Å²) in [6.45, 7) is 2.12. The molecule has 2 aromatic carbocycles. The fourth-order valence-electron chi connectivity index (χ4n) is 2.14. The van der Waals surface area contributed by atoms with Gasteiger partial charge in [-0.2, -0.15) is 0 Å². The number of thioether (sulfide) groups is 1. The van der Waals surface area contributed by atoms with Crippen molar-refractivity contribution in [3.63, 3.8) is 0 Å². The van der Waals surface area contributed by atoms with Crippen LogP contribution in [0.2, 0.25) is 10.0 Å². The lowest BCUT2D eigenvalue weighted by Gasteiger charge is -2.17. The number of hydrogen-bond acceptors (Lipinski definition) is 2. The van der Waals surface area contributed by atoms with Crippen molar-refractivity contribution in [1.29, 1.82) is 0 Å². The maximum atomic E-state index is 6.26. The minimum absolute atomic E-state index is 0.638. The molecule has 1 aliphatic rings. The molecule has 1 aliphatic heterocycles. The average Bonchev–Trinajstić information content (AvgIpc) is 2.49. The van der Waals surface area contributed by atoms with Gasteiger partial charge in [0.2, 0.25) is 0 Å². The first kappa shape index (κ1) is 14.7. The molecule has 0 spiro atoms. The number of fused-ring (bicyclic) bond motifs is 1. The SMILES string of the molecule is CCC1=N/C(=C\c2ccc(Cl)cc2Cl)c2ccccc2S1. The van der Waals surface area contributed by atoms with Gasteiger partial charge in [0.05, 0.1) is 10.7 Å². The van der Waals surface area contributed by atoms with Crippen LogP contribution in [-0.4, -0.2) is 5.04 Å². The van der Waals surface area contributed by atoms with E-state index in [1.165, 1.54) is 4.90 Å². The number of halogens is 2. The van der Waals surface area contributed by atoms with Crippen LogP contribution in [-0.2, 0) is 0 Å². The van der Waals surface area contributed by atoms with Crippen LogP contribution in [0, 0.1) is 0 Å². The summed E-state index contributed by atoms with van der Waals surface area (Å²) >= 11 is 13.9. The molecule has 0 aromatic heterocycles. The van der Waals surface area contributed by atoms with Crippen molar-refractivity contribution >= 4 is 51.8 Å². The Bertz CT molecular complexity index is 750. The molecule has 0 radical (unpaired) electrons. The Balaban J connectivity index is 2.12. The van der Waals surface area contributed by atoms with Crippen LogP contribution in [0.25, 0.3) is 11.8 Å². The average molecular weight is 334 g/mol. The fraction of sp³-hybridized carbons (Fsp3) is 0.118. The first-order valence-corrected chi connectivity index (χ1v) is 8.26. The standard InChI is InChI=1S/C17H13Cl2NS/c1-2-17-20-15(13-5-3-4-6-16(13)21-17)9-11-7-8-12(18)10-14(11)19/h3-10H,2H2,1H3/b15-9-. The summed E-state index contributed by atoms with van der Waals surface area (Å²) in [5.74, 6) is 0. The number of rotatable bonds is 2. The Kier molecular flexibility index (Phi) is 4.39. The minimum atomic E-state index is 0.638. The first-order valence-electron chi connectivity index (χ1n) is 6.69. The van der Waals surface area contributed by atoms with Gasteiger partial charge in [-0.1, -0.05) is 66.2 Å². The molecule has 0 aliphatic carbocycles. The van der Waals surface area contributed by atoms with Gasteiger partial charge in [-0.15, -0.1) is 0 Å². The van der Waals surface area contributed by atoms with Crippen LogP contribution in [0.15, 0.2) is 52.4 Å². The minimum Gasteiger partial charge on any atom is -0.246 e. The zero-order valence-corrected chi connectivity index (χ0v) is 13.8. The van der Waals surface area contributed by atoms with E-state index >= 15 is 0 Å². The largest absolute Gasteiger partial charge is 0.246 e. The predicted molar refractivity (Wildman–Crippen MR) is 94.4 cm³/mol. The van der Waals surface area contributed by atoms with Crippen LogP contribution in [0.1, 0.15) is 24.5 Å². The third kappa shape index (κ3) is 3.18.